The number of aryl methyl sites for hydroxylation is 1. The molecule has 2 atom stereocenters. The highest BCUT2D eigenvalue weighted by Crippen LogP contribution is 2.43. The molecule has 1 N–H and O–H groups in total. The Labute approximate surface area is 627 Å². The summed E-state index contributed by atoms with van der Waals surface area (Å²) in [5.74, 6) is 19.4. The molecule has 4 aromatic rings. The average molecular weight is 1480 g/mol. The standard InChI is InChI=1S/C20H33OS.C17H23OS.C17H25OS.C13H21OS.C11H21OS.C10H12OS/c1-6-8-15-22(16-9-7-2)19(20(3,4)5)18(21)17-13-11-10-12-14-17;18-16(15-9-3-1-4-10-15)17(11-5-2-6-12-17)19-13-7-8-14-19;1-13-7-9-14(10-8-13)15(18)16(17(2,3)4)19-11-5-6-12-19;1-13(2)8-11(7-12(14)9-13)10-15-5-3-4-6-15;1-9(2)10(12)11(3,4)13-7-5-6-8-13;11-9-3-5-10(6-4-9)12-7-1-2-8-12/h10-14,19H,6-9,15-16H2,1-5H3;1,3-4,9-10H,2,5-8,11-14H2;7-10,16H,5-6,11-12H2,1-4H3;7H,3-6,8-10H2,1-2H3;9H,5-8H2,1-4H3;3-6H,1-2,7-8H2/q5*+1;/p+1. The van der Waals surface area contributed by atoms with Crippen LogP contribution in [-0.4, -0.2) is 129 Å². The van der Waals surface area contributed by atoms with Crippen molar-refractivity contribution in [1.29, 1.82) is 0 Å². The highest BCUT2D eigenvalue weighted by molar-refractivity contribution is 8.00. The van der Waals surface area contributed by atoms with Crippen LogP contribution in [0, 0.1) is 29.1 Å². The first-order valence-corrected chi connectivity index (χ1v) is 48.5. The molecule has 6 nitrogen and oxygen atoms in total. The highest BCUT2D eigenvalue weighted by Gasteiger charge is 2.55. The number of Topliss-reactive ketones (excluding diaryl/α,β-unsaturated/α-hetero) is 4. The number of hydrogen-bond donors (Lipinski definition) is 1. The number of aromatic hydroxyl groups is 1. The maximum absolute atomic E-state index is 13.2. The molecule has 5 saturated heterocycles. The van der Waals surface area contributed by atoms with Crippen LogP contribution in [0.2, 0.25) is 0 Å². The molecule has 4 aromatic carbocycles. The summed E-state index contributed by atoms with van der Waals surface area (Å²) in [4.78, 5) is 64.1. The van der Waals surface area contributed by atoms with Gasteiger partial charge in [-0.3, -0.25) is 24.0 Å². The summed E-state index contributed by atoms with van der Waals surface area (Å²) in [6.07, 6.45) is 28.4. The van der Waals surface area contributed by atoms with Crippen molar-refractivity contribution in [2.75, 3.05) is 74.8 Å². The number of unbranched alkanes of at least 4 members (excludes halogenated alkanes) is 2. The van der Waals surface area contributed by atoms with Gasteiger partial charge in [-0.1, -0.05) is 193 Å². The molecule has 12 heteroatoms. The van der Waals surface area contributed by atoms with Crippen LogP contribution < -0.4 is 0 Å². The van der Waals surface area contributed by atoms with Crippen LogP contribution >= 0.6 is 0 Å². The normalized spacial score (nSPS) is 19.7. The van der Waals surface area contributed by atoms with Crippen LogP contribution in [0.25, 0.3) is 0 Å². The summed E-state index contributed by atoms with van der Waals surface area (Å²) < 4.78 is -0.0409. The molecule has 5 heterocycles. The third-order valence-corrected chi connectivity index (χ3v) is 38.6. The smallest absolute Gasteiger partial charge is 0.217 e. The molecule has 1 saturated carbocycles. The average Bonchev–Trinajstić information content (AvgIpc) is 1.28. The minimum Gasteiger partial charge on any atom is -0.508 e. The van der Waals surface area contributed by atoms with Gasteiger partial charge in [-0.15, -0.1) is 0 Å². The quantitative estimate of drug-likeness (QED) is 0.0658. The highest BCUT2D eigenvalue weighted by atomic mass is 32.2. The molecule has 2 aliphatic carbocycles. The van der Waals surface area contributed by atoms with Crippen LogP contribution in [-0.2, 0) is 75.0 Å². The van der Waals surface area contributed by atoms with Gasteiger partial charge in [0.1, 0.15) is 80.5 Å². The summed E-state index contributed by atoms with van der Waals surface area (Å²) in [6.45, 7) is 32.7. The number of phenolic OH excluding ortho intramolecular Hbond substituents is 1. The van der Waals surface area contributed by atoms with E-state index in [-0.39, 0.29) is 63.9 Å². The van der Waals surface area contributed by atoms with Crippen LogP contribution in [0.3, 0.4) is 0 Å². The van der Waals surface area contributed by atoms with Crippen molar-refractivity contribution in [2.45, 2.75) is 264 Å². The lowest BCUT2D eigenvalue weighted by Crippen LogP contribution is -2.48. The second-order valence-corrected chi connectivity index (χ2v) is 47.8. The van der Waals surface area contributed by atoms with Gasteiger partial charge in [0.2, 0.25) is 17.3 Å². The van der Waals surface area contributed by atoms with E-state index >= 15 is 0 Å². The Balaban J connectivity index is 0.000000191. The Bertz CT molecular complexity index is 3080. The predicted octanol–water partition coefficient (Wildman–Crippen LogP) is 20.8. The van der Waals surface area contributed by atoms with E-state index in [2.05, 4.69) is 102 Å². The van der Waals surface area contributed by atoms with Crippen LogP contribution in [0.4, 0.5) is 0 Å². The Hall–Kier alpha value is -3.13. The van der Waals surface area contributed by atoms with Crippen molar-refractivity contribution in [1.82, 2.24) is 0 Å². The zero-order valence-electron chi connectivity index (χ0n) is 65.2. The molecule has 0 radical (unpaired) electrons. The van der Waals surface area contributed by atoms with Crippen molar-refractivity contribution in [3.8, 4) is 5.75 Å². The molecule has 100 heavy (non-hydrogen) atoms. The fourth-order valence-electron chi connectivity index (χ4n) is 15.5. The largest absolute Gasteiger partial charge is 0.508 e. The zero-order valence-corrected chi connectivity index (χ0v) is 70.1. The van der Waals surface area contributed by atoms with E-state index in [0.717, 1.165) is 42.4 Å². The maximum atomic E-state index is 13.2. The van der Waals surface area contributed by atoms with Crippen molar-refractivity contribution in [2.24, 2.45) is 22.2 Å². The Morgan fingerprint density at radius 1 is 0.540 bits per heavy atom. The third-order valence-electron chi connectivity index (χ3n) is 20.7. The molecule has 5 aliphatic heterocycles. The second-order valence-electron chi connectivity index (χ2n) is 33.0. The zero-order chi connectivity index (χ0) is 73.1. The van der Waals surface area contributed by atoms with Crippen molar-refractivity contribution < 1.29 is 29.1 Å². The van der Waals surface area contributed by atoms with Gasteiger partial charge in [-0.2, -0.15) is 0 Å². The molecule has 0 amide bonds. The molecule has 0 bridgehead atoms. The Morgan fingerprint density at radius 2 is 1.02 bits per heavy atom. The van der Waals surface area contributed by atoms with Crippen LogP contribution in [0.5, 0.6) is 5.75 Å². The van der Waals surface area contributed by atoms with E-state index in [1.54, 1.807) is 12.1 Å². The SMILES string of the molecule is CC(C)C(=O)C(C)(C)[S+]1CCCC1.CC1(C)CC(=O)C=C(C[S+]2CCCC2)C1.CCCC[S+](CCCC)C(C(=O)c1ccccc1)C(C)(C)C.Cc1ccc(C(=O)C([S+]2CCCC2)C(C)(C)C)cc1.O=C(c1ccccc1)C1([S+]2CCCC2)CCCCC1.Oc1ccc([S+]2CCCC2)cc1. The van der Waals surface area contributed by atoms with Crippen molar-refractivity contribution in [3.63, 3.8) is 0 Å². The molecule has 7 aliphatic rings. The fourth-order valence-corrected chi connectivity index (χ4v) is 33.1. The van der Waals surface area contributed by atoms with E-state index in [0.29, 0.717) is 78.2 Å². The Morgan fingerprint density at radius 3 is 1.51 bits per heavy atom. The summed E-state index contributed by atoms with van der Waals surface area (Å²) >= 11 is 0. The summed E-state index contributed by atoms with van der Waals surface area (Å²) in [5, 5.41) is 9.44. The number of phenols is 1. The molecule has 0 aromatic heterocycles. The number of carbonyl (C=O) groups excluding carboxylic acids is 5. The van der Waals surface area contributed by atoms with Crippen LogP contribution in [0.1, 0.15) is 268 Å². The second kappa shape index (κ2) is 42.3. The van der Waals surface area contributed by atoms with E-state index in [1.165, 1.54) is 200 Å². The number of benzene rings is 4. The number of hydrogen-bond acceptors (Lipinski definition) is 6. The number of allylic oxidation sites excluding steroid dienone is 1. The van der Waals surface area contributed by atoms with Gasteiger partial charge >= 0.3 is 0 Å². The molecular formula is C88H136O6S6+6. The number of rotatable bonds is 21. The van der Waals surface area contributed by atoms with Gasteiger partial charge < -0.3 is 5.11 Å². The summed E-state index contributed by atoms with van der Waals surface area (Å²) in [6, 6.07) is 35.7. The lowest BCUT2D eigenvalue weighted by Gasteiger charge is -2.33. The maximum Gasteiger partial charge on any atom is 0.217 e. The van der Waals surface area contributed by atoms with Gasteiger partial charge in [-0.05, 0) is 191 Å². The lowest BCUT2D eigenvalue weighted by atomic mass is 9.77. The van der Waals surface area contributed by atoms with Crippen molar-refractivity contribution in [3.05, 3.63) is 143 Å². The summed E-state index contributed by atoms with van der Waals surface area (Å²) in [5.41, 5.74) is 5.67. The molecule has 6 fully saturated rings. The third kappa shape index (κ3) is 27.0. The first-order valence-electron chi connectivity index (χ1n) is 38.9. The minimum absolute atomic E-state index is 0.0100. The predicted molar refractivity (Wildman–Crippen MR) is 449 cm³/mol. The first-order chi connectivity index (χ1) is 47.5. The minimum atomic E-state index is -0.0509. The van der Waals surface area contributed by atoms with Crippen molar-refractivity contribution >= 4 is 94.3 Å². The lowest BCUT2D eigenvalue weighted by molar-refractivity contribution is -0.123. The van der Waals surface area contributed by atoms with Gasteiger partial charge in [0.15, 0.2) is 36.5 Å². The van der Waals surface area contributed by atoms with E-state index < -0.39 is 0 Å². The monoisotopic (exact) mass is 1480 g/mol. The fraction of sp³-hybridized carbons (Fsp3) is 0.648. The molecule has 11 rings (SSSR count). The molecule has 554 valence electrons. The van der Waals surface area contributed by atoms with Gasteiger partial charge in [0.25, 0.3) is 0 Å². The molecular weight excluding hydrogens is 1350 g/mol. The number of ketones is 5. The van der Waals surface area contributed by atoms with Gasteiger partial charge in [-0.25, -0.2) is 0 Å². The number of carbonyl (C=O) groups is 5. The van der Waals surface area contributed by atoms with E-state index in [1.807, 2.05) is 105 Å². The van der Waals surface area contributed by atoms with Crippen LogP contribution in [0.15, 0.2) is 126 Å². The van der Waals surface area contributed by atoms with Gasteiger partial charge in [0, 0.05) is 85.4 Å². The molecule has 0 spiro atoms. The van der Waals surface area contributed by atoms with Gasteiger partial charge in [0.05, 0.1) is 0 Å². The Kier molecular flexibility index (Phi) is 36.3. The topological polar surface area (TPSA) is 106 Å². The first kappa shape index (κ1) is 85.8. The van der Waals surface area contributed by atoms with E-state index in [9.17, 15) is 24.0 Å². The summed E-state index contributed by atoms with van der Waals surface area (Å²) in [7, 11) is 2.27. The molecule has 2 unspecified atom stereocenters. The van der Waals surface area contributed by atoms with E-state index in [4.69, 9.17) is 5.11 Å².